The summed E-state index contributed by atoms with van der Waals surface area (Å²) in [7, 11) is 0. The maximum absolute atomic E-state index is 13.1. The number of carbonyl (C=O) groups is 1. The summed E-state index contributed by atoms with van der Waals surface area (Å²) in [5, 5.41) is 3.44. The third kappa shape index (κ3) is 4.79. The molecule has 0 aromatic heterocycles. The predicted molar refractivity (Wildman–Crippen MR) is 107 cm³/mol. The topological polar surface area (TPSA) is 29.1 Å². The van der Waals surface area contributed by atoms with E-state index in [0.29, 0.717) is 5.56 Å². The van der Waals surface area contributed by atoms with Crippen LogP contribution in [-0.4, -0.2) is 5.78 Å². The van der Waals surface area contributed by atoms with Gasteiger partial charge in [0, 0.05) is 22.1 Å². The van der Waals surface area contributed by atoms with Crippen molar-refractivity contribution in [2.75, 3.05) is 5.32 Å². The molecule has 3 aromatic carbocycles. The molecule has 1 unspecified atom stereocenters. The number of benzene rings is 3. The van der Waals surface area contributed by atoms with E-state index in [1.54, 1.807) is 0 Å². The van der Waals surface area contributed by atoms with Crippen LogP contribution in [0.3, 0.4) is 0 Å². The highest BCUT2D eigenvalue weighted by molar-refractivity contribution is 9.10. The Bertz CT molecular complexity index is 874. The molecule has 1 N–H and O–H groups in total. The van der Waals surface area contributed by atoms with E-state index in [1.165, 1.54) is 29.8 Å². The summed E-state index contributed by atoms with van der Waals surface area (Å²) in [5.74, 6) is -0.371. The molecular formula is C22H19BrFNO. The normalized spacial score (nSPS) is 11.8. The second-order valence-corrected chi connectivity index (χ2v) is 7.16. The highest BCUT2D eigenvalue weighted by Gasteiger charge is 2.17. The second-order valence-electron chi connectivity index (χ2n) is 6.25. The van der Waals surface area contributed by atoms with Crippen molar-refractivity contribution >= 4 is 27.4 Å². The van der Waals surface area contributed by atoms with Crippen LogP contribution in [-0.2, 0) is 0 Å². The zero-order valence-electron chi connectivity index (χ0n) is 14.4. The molecule has 0 aliphatic rings. The van der Waals surface area contributed by atoms with Crippen molar-refractivity contribution in [3.63, 3.8) is 0 Å². The first-order valence-corrected chi connectivity index (χ1v) is 9.18. The lowest BCUT2D eigenvalue weighted by atomic mass is 9.97. The third-order valence-electron chi connectivity index (χ3n) is 4.22. The number of nitrogens with one attached hydrogen (secondary N) is 1. The molecule has 3 rings (SSSR count). The fraction of sp³-hybridized carbons (Fsp3) is 0.136. The molecule has 2 nitrogen and oxygen atoms in total. The van der Waals surface area contributed by atoms with Gasteiger partial charge in [0.15, 0.2) is 5.78 Å². The van der Waals surface area contributed by atoms with Crippen molar-refractivity contribution in [2.45, 2.75) is 19.4 Å². The van der Waals surface area contributed by atoms with Crippen molar-refractivity contribution in [1.29, 1.82) is 0 Å². The Morgan fingerprint density at radius 2 is 1.58 bits per heavy atom. The van der Waals surface area contributed by atoms with Crippen LogP contribution >= 0.6 is 15.9 Å². The summed E-state index contributed by atoms with van der Waals surface area (Å²) in [5.41, 5.74) is 3.65. The lowest BCUT2D eigenvalue weighted by Gasteiger charge is -2.20. The molecule has 0 radical (unpaired) electrons. The minimum atomic E-state index is -0.343. The molecule has 0 bridgehead atoms. The molecule has 0 spiro atoms. The van der Waals surface area contributed by atoms with Gasteiger partial charge in [0.2, 0.25) is 0 Å². The fourth-order valence-electron chi connectivity index (χ4n) is 2.74. The molecule has 0 aliphatic heterocycles. The highest BCUT2D eigenvalue weighted by Crippen LogP contribution is 2.26. The molecule has 0 saturated heterocycles. The third-order valence-corrected chi connectivity index (χ3v) is 4.75. The Kier molecular flexibility index (Phi) is 5.84. The molecule has 0 amide bonds. The molecular weight excluding hydrogens is 393 g/mol. The van der Waals surface area contributed by atoms with Gasteiger partial charge in [-0.1, -0.05) is 45.8 Å². The van der Waals surface area contributed by atoms with E-state index in [2.05, 4.69) is 21.2 Å². The molecule has 0 fully saturated rings. The average Bonchev–Trinajstić information content (AvgIpc) is 2.64. The van der Waals surface area contributed by atoms with Crippen LogP contribution in [0, 0.1) is 12.7 Å². The van der Waals surface area contributed by atoms with Gasteiger partial charge in [-0.05, 0) is 61.0 Å². The van der Waals surface area contributed by atoms with E-state index >= 15 is 0 Å². The van der Waals surface area contributed by atoms with E-state index in [4.69, 9.17) is 0 Å². The highest BCUT2D eigenvalue weighted by atomic mass is 79.9. The SMILES string of the molecule is Cc1ccc(C(CC(=O)c2ccc(F)cc2)Nc2ccc(Br)cc2)cc1. The molecule has 132 valence electrons. The molecule has 4 heteroatoms. The number of rotatable bonds is 6. The van der Waals surface area contributed by atoms with Gasteiger partial charge < -0.3 is 5.32 Å². The van der Waals surface area contributed by atoms with Crippen LogP contribution in [0.2, 0.25) is 0 Å². The number of halogens is 2. The monoisotopic (exact) mass is 411 g/mol. The Morgan fingerprint density at radius 1 is 0.962 bits per heavy atom. The van der Waals surface area contributed by atoms with Gasteiger partial charge in [0.25, 0.3) is 0 Å². The summed E-state index contributed by atoms with van der Waals surface area (Å²) in [6.45, 7) is 2.03. The number of aryl methyl sites for hydroxylation is 1. The van der Waals surface area contributed by atoms with Gasteiger partial charge in [-0.15, -0.1) is 0 Å². The first-order chi connectivity index (χ1) is 12.5. The van der Waals surface area contributed by atoms with Crippen LogP contribution in [0.1, 0.15) is 33.9 Å². The zero-order chi connectivity index (χ0) is 18.5. The number of hydrogen-bond donors (Lipinski definition) is 1. The summed E-state index contributed by atoms with van der Waals surface area (Å²) in [6, 6.07) is 21.5. The van der Waals surface area contributed by atoms with E-state index in [-0.39, 0.29) is 24.1 Å². The number of anilines is 1. The molecule has 1 atom stereocenters. The minimum absolute atomic E-state index is 0.0276. The average molecular weight is 412 g/mol. The second kappa shape index (κ2) is 8.28. The smallest absolute Gasteiger partial charge is 0.165 e. The molecule has 0 aliphatic carbocycles. The van der Waals surface area contributed by atoms with Crippen LogP contribution < -0.4 is 5.32 Å². The number of hydrogen-bond acceptors (Lipinski definition) is 2. The molecule has 0 heterocycles. The fourth-order valence-corrected chi connectivity index (χ4v) is 3.00. The summed E-state index contributed by atoms with van der Waals surface area (Å²) >= 11 is 3.43. The van der Waals surface area contributed by atoms with Crippen LogP contribution in [0.25, 0.3) is 0 Å². The van der Waals surface area contributed by atoms with E-state index in [1.807, 2.05) is 55.5 Å². The van der Waals surface area contributed by atoms with E-state index in [9.17, 15) is 9.18 Å². The van der Waals surface area contributed by atoms with Crippen molar-refractivity contribution in [3.8, 4) is 0 Å². The first-order valence-electron chi connectivity index (χ1n) is 8.39. The largest absolute Gasteiger partial charge is 0.378 e. The zero-order valence-corrected chi connectivity index (χ0v) is 16.0. The molecule has 0 saturated carbocycles. The maximum atomic E-state index is 13.1. The number of ketones is 1. The Morgan fingerprint density at radius 3 is 2.19 bits per heavy atom. The lowest BCUT2D eigenvalue weighted by molar-refractivity contribution is 0.0976. The van der Waals surface area contributed by atoms with Gasteiger partial charge in [-0.2, -0.15) is 0 Å². The van der Waals surface area contributed by atoms with Crippen molar-refractivity contribution in [3.05, 3.63) is 99.8 Å². The quantitative estimate of drug-likeness (QED) is 0.480. The Labute approximate surface area is 161 Å². The van der Waals surface area contributed by atoms with Crippen LogP contribution in [0.15, 0.2) is 77.3 Å². The van der Waals surface area contributed by atoms with E-state index in [0.717, 1.165) is 15.7 Å². The van der Waals surface area contributed by atoms with Crippen molar-refractivity contribution < 1.29 is 9.18 Å². The Hall–Kier alpha value is -2.46. The van der Waals surface area contributed by atoms with Crippen molar-refractivity contribution in [2.24, 2.45) is 0 Å². The minimum Gasteiger partial charge on any atom is -0.378 e. The number of carbonyl (C=O) groups excluding carboxylic acids is 1. The lowest BCUT2D eigenvalue weighted by Crippen LogP contribution is -2.16. The van der Waals surface area contributed by atoms with Gasteiger partial charge in [0.1, 0.15) is 5.82 Å². The summed E-state index contributed by atoms with van der Waals surface area (Å²) in [6.07, 6.45) is 0.282. The van der Waals surface area contributed by atoms with Gasteiger partial charge in [0.05, 0.1) is 6.04 Å². The molecule has 3 aromatic rings. The summed E-state index contributed by atoms with van der Waals surface area (Å²) in [4.78, 5) is 12.7. The molecule has 26 heavy (non-hydrogen) atoms. The Balaban J connectivity index is 1.84. The predicted octanol–water partition coefficient (Wildman–Crippen LogP) is 6.32. The van der Waals surface area contributed by atoms with Gasteiger partial charge in [-0.3, -0.25) is 4.79 Å². The van der Waals surface area contributed by atoms with Gasteiger partial charge in [-0.25, -0.2) is 4.39 Å². The first kappa shape index (κ1) is 18.3. The standard InChI is InChI=1S/C22H19BrFNO/c1-15-2-4-16(5-3-15)21(25-20-12-8-18(23)9-13-20)14-22(26)17-6-10-19(24)11-7-17/h2-13,21,25H,14H2,1H3. The maximum Gasteiger partial charge on any atom is 0.165 e. The van der Waals surface area contributed by atoms with Crippen LogP contribution in [0.5, 0.6) is 0 Å². The number of Topliss-reactive ketones (excluding diaryl/α,β-unsaturated/α-hetero) is 1. The van der Waals surface area contributed by atoms with Crippen LogP contribution in [0.4, 0.5) is 10.1 Å². The van der Waals surface area contributed by atoms with Crippen molar-refractivity contribution in [1.82, 2.24) is 0 Å². The van der Waals surface area contributed by atoms with E-state index < -0.39 is 0 Å². The van der Waals surface area contributed by atoms with Gasteiger partial charge >= 0.3 is 0 Å². The summed E-state index contributed by atoms with van der Waals surface area (Å²) < 4.78 is 14.1.